The van der Waals surface area contributed by atoms with Gasteiger partial charge in [-0.3, -0.25) is 14.8 Å². The number of aliphatic hydroxyl groups is 1. The summed E-state index contributed by atoms with van der Waals surface area (Å²) in [5.74, 6) is -0.0625. The Morgan fingerprint density at radius 3 is 2.08 bits per heavy atom. The van der Waals surface area contributed by atoms with Crippen molar-refractivity contribution in [2.24, 2.45) is 0 Å². The first-order chi connectivity index (χ1) is 18.5. The molecule has 0 atom stereocenters. The van der Waals surface area contributed by atoms with Crippen molar-refractivity contribution in [3.63, 3.8) is 0 Å². The van der Waals surface area contributed by atoms with Gasteiger partial charge in [0.1, 0.15) is 8.07 Å². The van der Waals surface area contributed by atoms with E-state index < -0.39 is 8.07 Å². The van der Waals surface area contributed by atoms with Gasteiger partial charge in [0.15, 0.2) is 5.78 Å². The average Bonchev–Trinajstić information content (AvgIpc) is 3.40. The Bertz CT molecular complexity index is 1670. The van der Waals surface area contributed by atoms with Gasteiger partial charge in [0.25, 0.3) is 0 Å². The first-order valence-electron chi connectivity index (χ1n) is 12.4. The molecule has 1 radical (unpaired) electrons. The van der Waals surface area contributed by atoms with Crippen molar-refractivity contribution in [1.29, 1.82) is 0 Å². The van der Waals surface area contributed by atoms with Crippen LogP contribution in [0.3, 0.4) is 0 Å². The maximum Gasteiger partial charge on any atom is 0.155 e. The number of aliphatic hydroxyl groups excluding tert-OH is 1. The third-order valence-electron chi connectivity index (χ3n) is 7.05. The van der Waals surface area contributed by atoms with E-state index in [0.717, 1.165) is 11.3 Å². The number of carbonyl (C=O) groups excluding carboxylic acids is 1. The van der Waals surface area contributed by atoms with Crippen LogP contribution >= 0.6 is 0 Å². The Hall–Kier alpha value is -4.03. The molecule has 0 amide bonds. The van der Waals surface area contributed by atoms with E-state index >= 15 is 0 Å². The van der Waals surface area contributed by atoms with Gasteiger partial charge in [0.2, 0.25) is 0 Å². The van der Waals surface area contributed by atoms with Crippen LogP contribution in [0.4, 0.5) is 0 Å². The van der Waals surface area contributed by atoms with Crippen LogP contribution < -0.4 is 20.7 Å². The minimum Gasteiger partial charge on any atom is -0.512 e. The van der Waals surface area contributed by atoms with Crippen molar-refractivity contribution in [1.82, 2.24) is 15.0 Å². The minimum absolute atomic E-state index is 0. The van der Waals surface area contributed by atoms with Crippen LogP contribution in [0.15, 0.2) is 110 Å². The molecule has 1 N–H and O–H groups in total. The zero-order chi connectivity index (χ0) is 26.3. The number of allylic oxidation sites excluding steroid dienone is 2. The topological polar surface area (TPSA) is 76.0 Å². The third-order valence-corrected chi connectivity index (χ3v) is 12.0. The van der Waals surface area contributed by atoms with Crippen LogP contribution in [0.25, 0.3) is 33.5 Å². The van der Waals surface area contributed by atoms with E-state index in [2.05, 4.69) is 82.8 Å². The predicted molar refractivity (Wildman–Crippen MR) is 153 cm³/mol. The molecule has 0 unspecified atom stereocenters. The Morgan fingerprint density at radius 2 is 1.49 bits per heavy atom. The van der Waals surface area contributed by atoms with E-state index in [-0.39, 0.29) is 31.6 Å². The number of hydrogen-bond donors (Lipinski definition) is 1. The second-order valence-electron chi connectivity index (χ2n) is 9.43. The molecule has 0 aliphatic carbocycles. The van der Waals surface area contributed by atoms with Gasteiger partial charge in [0.05, 0.1) is 5.76 Å². The fraction of sp³-hybridized carbons (Fsp3) is 0.0625. The van der Waals surface area contributed by atoms with Crippen LogP contribution in [-0.4, -0.2) is 33.9 Å². The summed E-state index contributed by atoms with van der Waals surface area (Å²) < 4.78 is 0. The summed E-state index contributed by atoms with van der Waals surface area (Å²) in [7, 11) is -2.49. The summed E-state index contributed by atoms with van der Waals surface area (Å²) in [6, 6.07) is 27.4. The molecule has 5 aromatic rings. The summed E-state index contributed by atoms with van der Waals surface area (Å²) in [6.07, 6.45) is 10.9. The number of benzene rings is 2. The zero-order valence-corrected chi connectivity index (χ0v) is 24.7. The number of pyridine rings is 3. The van der Waals surface area contributed by atoms with E-state index in [1.54, 1.807) is 0 Å². The molecular weight excluding hydrogens is 679 g/mol. The average molecular weight is 703 g/mol. The molecule has 3 aromatic heterocycles. The van der Waals surface area contributed by atoms with Crippen molar-refractivity contribution in [2.45, 2.75) is 13.8 Å². The zero-order valence-electron chi connectivity index (χ0n) is 21.3. The molecule has 2 aliphatic heterocycles. The molecule has 7 rings (SSSR count). The number of carbonyl (C=O) groups is 1. The van der Waals surface area contributed by atoms with Gasteiger partial charge in [-0.2, -0.15) is 0 Å². The molecule has 0 saturated heterocycles. The summed E-state index contributed by atoms with van der Waals surface area (Å²) in [5.41, 5.74) is 7.00. The van der Waals surface area contributed by atoms with Crippen molar-refractivity contribution in [3.8, 4) is 33.5 Å². The minimum atomic E-state index is -2.49. The van der Waals surface area contributed by atoms with Gasteiger partial charge >= 0.3 is 0 Å². The Morgan fingerprint density at radius 1 is 0.821 bits per heavy atom. The van der Waals surface area contributed by atoms with Gasteiger partial charge in [-0.05, 0) is 48.1 Å². The third kappa shape index (κ3) is 4.29. The van der Waals surface area contributed by atoms with Crippen LogP contribution in [0.1, 0.15) is 13.8 Å². The molecule has 2 aromatic carbocycles. The van der Waals surface area contributed by atoms with E-state index in [1.165, 1.54) is 62.9 Å². The first-order valence-corrected chi connectivity index (χ1v) is 14.4. The summed E-state index contributed by atoms with van der Waals surface area (Å²) in [5, 5.41) is 13.8. The molecule has 193 valence electrons. The number of aromatic nitrogens is 3. The molecule has 7 heteroatoms. The van der Waals surface area contributed by atoms with Crippen molar-refractivity contribution in [3.05, 3.63) is 116 Å². The maximum absolute atomic E-state index is 10.0. The monoisotopic (exact) mass is 703 g/mol. The molecule has 5 heterocycles. The number of nitrogens with zero attached hydrogens (tertiary/aromatic N) is 3. The second kappa shape index (κ2) is 10.6. The first kappa shape index (κ1) is 26.6. The van der Waals surface area contributed by atoms with Gasteiger partial charge in [0, 0.05) is 68.3 Å². The van der Waals surface area contributed by atoms with Gasteiger partial charge in [-0.1, -0.05) is 52.7 Å². The largest absolute Gasteiger partial charge is 0.512 e. The van der Waals surface area contributed by atoms with Gasteiger partial charge < -0.3 is 10.1 Å². The fourth-order valence-corrected chi connectivity index (χ4v) is 11.2. The van der Waals surface area contributed by atoms with Crippen molar-refractivity contribution in [2.75, 3.05) is 0 Å². The van der Waals surface area contributed by atoms with Gasteiger partial charge in [-0.15, -0.1) is 28.9 Å². The Labute approximate surface area is 241 Å². The Balaban J connectivity index is 0.000000345. The molecule has 39 heavy (non-hydrogen) atoms. The van der Waals surface area contributed by atoms with Crippen molar-refractivity contribution < 1.29 is 30.0 Å². The number of ketones is 1. The fourth-order valence-electron chi connectivity index (χ4n) is 5.73. The van der Waals surface area contributed by atoms with Crippen molar-refractivity contribution >= 4 is 34.6 Å². The standard InChI is InChI=1S/C27H16N3Si.C5H8O2.Ir/c1-2-5-18(6-3-1)19-8-9-20-26(15-19)31(25-7-4-12-30-27(20)25)23-10-13-28-16-21(23)22-17-29-14-11-24(22)31;1-4(6)3-5(2)7;/h1-8,10-17H;3,6H,1-2H3;/q-1;;/b;4-3-;. The quantitative estimate of drug-likeness (QED) is 0.129. The number of hydrogen-bond acceptors (Lipinski definition) is 5. The Kier molecular flexibility index (Phi) is 7.23. The summed E-state index contributed by atoms with van der Waals surface area (Å²) in [4.78, 5) is 23.8. The smallest absolute Gasteiger partial charge is 0.155 e. The van der Waals surface area contributed by atoms with Crippen LogP contribution in [0, 0.1) is 6.07 Å². The SMILES string of the molecule is CC(=O)/C=C(/C)O.[Ir].[c-]1cc(-c2ccccc2)cc2c1-c1ncccc1[Si]21c2ccncc2-c2cnccc21. The van der Waals surface area contributed by atoms with Crippen LogP contribution in [0.5, 0.6) is 0 Å². The summed E-state index contributed by atoms with van der Waals surface area (Å²) >= 11 is 0. The molecule has 0 fully saturated rings. The molecule has 2 aliphatic rings. The van der Waals surface area contributed by atoms with E-state index in [4.69, 9.17) is 10.1 Å². The molecule has 1 spiro atoms. The van der Waals surface area contributed by atoms with Gasteiger partial charge in [-0.25, -0.2) is 0 Å². The van der Waals surface area contributed by atoms with E-state index in [0.29, 0.717) is 0 Å². The van der Waals surface area contributed by atoms with Crippen LogP contribution in [-0.2, 0) is 24.9 Å². The maximum atomic E-state index is 10.0. The molecule has 0 bridgehead atoms. The molecular formula is C32H24IrN3O2Si-. The van der Waals surface area contributed by atoms with E-state index in [1.807, 2.05) is 31.0 Å². The molecule has 5 nitrogen and oxygen atoms in total. The predicted octanol–water partition coefficient (Wildman–Crippen LogP) is 3.71. The van der Waals surface area contributed by atoms with Crippen LogP contribution in [0.2, 0.25) is 0 Å². The number of fused-ring (bicyclic) bond motifs is 10. The van der Waals surface area contributed by atoms with E-state index in [9.17, 15) is 4.79 Å². The number of rotatable bonds is 2. The molecule has 0 saturated carbocycles. The summed E-state index contributed by atoms with van der Waals surface area (Å²) in [6.45, 7) is 2.85. The second-order valence-corrected chi connectivity index (χ2v) is 13.1. The normalized spacial score (nSPS) is 13.2.